The number of hydrogen-bond donors (Lipinski definition) is 1. The second kappa shape index (κ2) is 11.3. The van der Waals surface area contributed by atoms with Crippen LogP contribution in [0.3, 0.4) is 0 Å². The fourth-order valence-corrected chi connectivity index (χ4v) is 4.02. The van der Waals surface area contributed by atoms with Crippen molar-refractivity contribution in [2.45, 2.75) is 52.3 Å². The lowest BCUT2D eigenvalue weighted by Crippen LogP contribution is -2.34. The summed E-state index contributed by atoms with van der Waals surface area (Å²) in [6.45, 7) is 10.2. The molecular weight excluding hydrogens is 394 g/mol. The van der Waals surface area contributed by atoms with Crippen molar-refractivity contribution >= 4 is 0 Å². The minimum absolute atomic E-state index is 0.152. The molecule has 2 atom stereocenters. The van der Waals surface area contributed by atoms with Crippen LogP contribution in [-0.2, 0) is 13.0 Å². The molecule has 0 aromatic heterocycles. The molecular formula is C29H37NO2. The van der Waals surface area contributed by atoms with Crippen LogP contribution in [0, 0.1) is 5.92 Å². The van der Waals surface area contributed by atoms with E-state index in [1.807, 2.05) is 12.1 Å². The van der Waals surface area contributed by atoms with Crippen LogP contribution >= 0.6 is 0 Å². The van der Waals surface area contributed by atoms with Crippen molar-refractivity contribution in [3.63, 3.8) is 0 Å². The van der Waals surface area contributed by atoms with E-state index in [2.05, 4.69) is 105 Å². The Labute approximate surface area is 193 Å². The van der Waals surface area contributed by atoms with Crippen molar-refractivity contribution in [2.24, 2.45) is 5.92 Å². The van der Waals surface area contributed by atoms with Crippen LogP contribution in [0.5, 0.6) is 5.75 Å². The van der Waals surface area contributed by atoms with Gasteiger partial charge in [0.05, 0.1) is 0 Å². The predicted molar refractivity (Wildman–Crippen MR) is 133 cm³/mol. The average Bonchev–Trinajstić information content (AvgIpc) is 2.79. The van der Waals surface area contributed by atoms with Gasteiger partial charge in [0, 0.05) is 25.7 Å². The summed E-state index contributed by atoms with van der Waals surface area (Å²) in [7, 11) is 0. The van der Waals surface area contributed by atoms with E-state index in [4.69, 9.17) is 4.74 Å². The Hall–Kier alpha value is -2.62. The van der Waals surface area contributed by atoms with Crippen molar-refractivity contribution in [3.8, 4) is 5.75 Å². The summed E-state index contributed by atoms with van der Waals surface area (Å²) >= 11 is 0. The van der Waals surface area contributed by atoms with Crippen molar-refractivity contribution < 1.29 is 9.84 Å². The molecule has 0 radical (unpaired) electrons. The van der Waals surface area contributed by atoms with Gasteiger partial charge in [-0.3, -0.25) is 4.90 Å². The van der Waals surface area contributed by atoms with Gasteiger partial charge in [0.25, 0.3) is 0 Å². The molecule has 3 heteroatoms. The molecule has 3 aromatic carbocycles. The molecule has 0 bridgehead atoms. The summed E-state index contributed by atoms with van der Waals surface area (Å²) in [5.41, 5.74) is 3.59. The van der Waals surface area contributed by atoms with Gasteiger partial charge in [0.1, 0.15) is 11.4 Å². The summed E-state index contributed by atoms with van der Waals surface area (Å²) in [6.07, 6.45) is 0.832. The van der Waals surface area contributed by atoms with Crippen molar-refractivity contribution in [1.29, 1.82) is 0 Å². The second-order valence-corrected chi connectivity index (χ2v) is 9.61. The predicted octanol–water partition coefficient (Wildman–Crippen LogP) is 6.28. The van der Waals surface area contributed by atoms with E-state index in [0.717, 1.165) is 25.3 Å². The van der Waals surface area contributed by atoms with Gasteiger partial charge in [-0.25, -0.2) is 0 Å². The van der Waals surface area contributed by atoms with Crippen molar-refractivity contribution in [3.05, 3.63) is 102 Å². The molecule has 0 saturated carbocycles. The van der Waals surface area contributed by atoms with Gasteiger partial charge in [0.15, 0.2) is 0 Å². The Morgan fingerprint density at radius 2 is 1.41 bits per heavy atom. The number of aliphatic hydroxyl groups is 1. The maximum Gasteiger partial charge on any atom is 0.120 e. The smallest absolute Gasteiger partial charge is 0.120 e. The van der Waals surface area contributed by atoms with E-state index in [1.165, 1.54) is 16.7 Å². The number of benzene rings is 3. The molecule has 3 aromatic rings. The van der Waals surface area contributed by atoms with Crippen LogP contribution in [0.1, 0.15) is 50.4 Å². The largest absolute Gasteiger partial charge is 0.488 e. The summed E-state index contributed by atoms with van der Waals surface area (Å²) in [4.78, 5) is 2.47. The van der Waals surface area contributed by atoms with E-state index >= 15 is 0 Å². The van der Waals surface area contributed by atoms with Crippen molar-refractivity contribution in [2.75, 3.05) is 13.2 Å². The van der Waals surface area contributed by atoms with E-state index in [9.17, 15) is 5.11 Å². The topological polar surface area (TPSA) is 32.7 Å². The fraction of sp³-hybridized carbons (Fsp3) is 0.379. The third-order valence-electron chi connectivity index (χ3n) is 5.68. The highest BCUT2D eigenvalue weighted by molar-refractivity contribution is 5.28. The van der Waals surface area contributed by atoms with E-state index < -0.39 is 0 Å². The number of ether oxygens (including phenoxy) is 1. The van der Waals surface area contributed by atoms with Crippen LogP contribution in [0.4, 0.5) is 0 Å². The summed E-state index contributed by atoms with van der Waals surface area (Å²) in [6, 6.07) is 29.7. The molecule has 0 unspecified atom stereocenters. The molecule has 32 heavy (non-hydrogen) atoms. The third-order valence-corrected chi connectivity index (χ3v) is 5.68. The van der Waals surface area contributed by atoms with E-state index in [1.54, 1.807) is 0 Å². The second-order valence-electron chi connectivity index (χ2n) is 9.61. The van der Waals surface area contributed by atoms with Gasteiger partial charge < -0.3 is 9.84 Å². The van der Waals surface area contributed by atoms with Crippen LogP contribution < -0.4 is 4.74 Å². The fourth-order valence-electron chi connectivity index (χ4n) is 4.02. The highest BCUT2D eigenvalue weighted by Gasteiger charge is 2.21. The zero-order valence-corrected chi connectivity index (χ0v) is 19.9. The maximum atomic E-state index is 10.2. The molecule has 0 aliphatic rings. The number of aliphatic hydroxyl groups excluding tert-OH is 1. The molecule has 0 heterocycles. The van der Waals surface area contributed by atoms with Crippen molar-refractivity contribution in [1.82, 2.24) is 4.90 Å². The van der Waals surface area contributed by atoms with Gasteiger partial charge in [-0.15, -0.1) is 0 Å². The van der Waals surface area contributed by atoms with Crippen LogP contribution in [0.25, 0.3) is 0 Å². The van der Waals surface area contributed by atoms with Gasteiger partial charge in [-0.05, 0) is 68.9 Å². The zero-order valence-electron chi connectivity index (χ0n) is 19.9. The standard InChI is InChI=1S/C29H37NO2/c1-23(27-13-9-6-10-14-27)30(20-25-11-7-5-8-12-25)21-26(22-31)19-24-15-17-28(18-16-24)32-29(2,3)4/h5-18,23,26,31H,19-22H2,1-4H3/t23-,26-/m0/s1. The number of nitrogens with zero attached hydrogens (tertiary/aromatic N) is 1. The molecule has 3 rings (SSSR count). The van der Waals surface area contributed by atoms with Gasteiger partial charge in [-0.1, -0.05) is 72.8 Å². The molecule has 0 saturated heterocycles. The Kier molecular flexibility index (Phi) is 8.49. The maximum absolute atomic E-state index is 10.2. The molecule has 1 N–H and O–H groups in total. The Morgan fingerprint density at radius 3 is 1.97 bits per heavy atom. The molecule has 3 nitrogen and oxygen atoms in total. The Morgan fingerprint density at radius 1 is 0.812 bits per heavy atom. The summed E-state index contributed by atoms with van der Waals surface area (Å²) < 4.78 is 5.94. The normalized spacial score (nSPS) is 13.7. The number of hydrogen-bond acceptors (Lipinski definition) is 3. The Bertz CT molecular complexity index is 917. The average molecular weight is 432 g/mol. The molecule has 0 aliphatic heterocycles. The minimum atomic E-state index is -0.208. The Balaban J connectivity index is 1.72. The first-order valence-corrected chi connectivity index (χ1v) is 11.6. The number of rotatable bonds is 10. The van der Waals surface area contributed by atoms with Gasteiger partial charge in [-0.2, -0.15) is 0 Å². The molecule has 0 spiro atoms. The molecule has 170 valence electrons. The first-order valence-electron chi connectivity index (χ1n) is 11.6. The lowest BCUT2D eigenvalue weighted by atomic mass is 9.97. The molecule has 0 fully saturated rings. The zero-order chi connectivity index (χ0) is 23.0. The van der Waals surface area contributed by atoms with Gasteiger partial charge >= 0.3 is 0 Å². The lowest BCUT2D eigenvalue weighted by Gasteiger charge is -2.32. The SMILES string of the molecule is C[C@@H](c1ccccc1)N(Cc1ccccc1)C[C@@H](CO)Cc1ccc(OC(C)(C)C)cc1. The van der Waals surface area contributed by atoms with Crippen LogP contribution in [0.15, 0.2) is 84.9 Å². The quantitative estimate of drug-likeness (QED) is 0.410. The monoisotopic (exact) mass is 431 g/mol. The van der Waals surface area contributed by atoms with Crippen LogP contribution in [-0.4, -0.2) is 28.8 Å². The lowest BCUT2D eigenvalue weighted by molar-refractivity contribution is 0.128. The highest BCUT2D eigenvalue weighted by atomic mass is 16.5. The third kappa shape index (κ3) is 7.51. The summed E-state index contributed by atoms with van der Waals surface area (Å²) in [5.74, 6) is 1.03. The van der Waals surface area contributed by atoms with Gasteiger partial charge in [0.2, 0.25) is 0 Å². The molecule has 0 aliphatic carbocycles. The minimum Gasteiger partial charge on any atom is -0.488 e. The molecule has 0 amide bonds. The summed E-state index contributed by atoms with van der Waals surface area (Å²) in [5, 5.41) is 10.2. The first kappa shape index (κ1) is 24.0. The highest BCUT2D eigenvalue weighted by Crippen LogP contribution is 2.25. The first-order chi connectivity index (χ1) is 15.3. The van der Waals surface area contributed by atoms with E-state index in [-0.39, 0.29) is 24.2 Å². The van der Waals surface area contributed by atoms with E-state index in [0.29, 0.717) is 0 Å². The van der Waals surface area contributed by atoms with Crippen LogP contribution in [0.2, 0.25) is 0 Å².